The number of anilines is 2. The first-order valence-corrected chi connectivity index (χ1v) is 7.66. The van der Waals surface area contributed by atoms with Crippen molar-refractivity contribution in [3.05, 3.63) is 59.7 Å². The number of urea groups is 1. The molecule has 3 rings (SSSR count). The van der Waals surface area contributed by atoms with Crippen LogP contribution in [-0.2, 0) is 0 Å². The van der Waals surface area contributed by atoms with Crippen molar-refractivity contribution in [1.82, 2.24) is 5.32 Å². The van der Waals surface area contributed by atoms with Crippen LogP contribution >= 0.6 is 0 Å². The van der Waals surface area contributed by atoms with Gasteiger partial charge in [-0.25, -0.2) is 4.79 Å². The van der Waals surface area contributed by atoms with Gasteiger partial charge in [-0.05, 0) is 56.2 Å². The van der Waals surface area contributed by atoms with Crippen LogP contribution in [0.4, 0.5) is 16.2 Å². The number of carbonyl (C=O) groups is 2. The number of hydrogen-bond donors (Lipinski definition) is 3. The van der Waals surface area contributed by atoms with Gasteiger partial charge in [0.2, 0.25) is 0 Å². The summed E-state index contributed by atoms with van der Waals surface area (Å²) in [4.78, 5) is 23.8. The van der Waals surface area contributed by atoms with E-state index in [1.807, 2.05) is 19.1 Å². The number of rotatable bonds is 4. The Kier molecular flexibility index (Phi) is 4.28. The van der Waals surface area contributed by atoms with Crippen LogP contribution in [-0.4, -0.2) is 18.0 Å². The highest BCUT2D eigenvalue weighted by Crippen LogP contribution is 2.19. The quantitative estimate of drug-likeness (QED) is 0.808. The Morgan fingerprint density at radius 1 is 0.870 bits per heavy atom. The highest BCUT2D eigenvalue weighted by Gasteiger charge is 2.23. The number of amides is 3. The average Bonchev–Trinajstić information content (AvgIpc) is 3.33. The first-order valence-electron chi connectivity index (χ1n) is 7.66. The predicted molar refractivity (Wildman–Crippen MR) is 90.8 cm³/mol. The van der Waals surface area contributed by atoms with Crippen molar-refractivity contribution in [3.63, 3.8) is 0 Å². The van der Waals surface area contributed by atoms with Gasteiger partial charge in [0.1, 0.15) is 0 Å². The van der Waals surface area contributed by atoms with Crippen molar-refractivity contribution in [2.24, 2.45) is 0 Å². The van der Waals surface area contributed by atoms with Crippen molar-refractivity contribution in [2.45, 2.75) is 25.8 Å². The van der Waals surface area contributed by atoms with E-state index < -0.39 is 0 Å². The largest absolute Gasteiger partial charge is 0.335 e. The highest BCUT2D eigenvalue weighted by molar-refractivity contribution is 6.04. The standard InChI is InChI=1S/C18H19N3O2/c1-12-2-4-13(5-3-12)17(22)19-14-6-8-15(9-7-14)20-18(23)21-16-10-11-16/h2-9,16H,10-11H2,1H3,(H,19,22)(H2,20,21,23). The Bertz CT molecular complexity index is 704. The van der Waals surface area contributed by atoms with E-state index >= 15 is 0 Å². The molecule has 0 heterocycles. The van der Waals surface area contributed by atoms with E-state index in [2.05, 4.69) is 16.0 Å². The second-order valence-electron chi connectivity index (χ2n) is 5.77. The van der Waals surface area contributed by atoms with Crippen molar-refractivity contribution < 1.29 is 9.59 Å². The molecule has 0 spiro atoms. The van der Waals surface area contributed by atoms with Gasteiger partial charge in [-0.2, -0.15) is 0 Å². The maximum atomic E-state index is 12.1. The smallest absolute Gasteiger partial charge is 0.319 e. The van der Waals surface area contributed by atoms with E-state index in [-0.39, 0.29) is 11.9 Å². The number of benzene rings is 2. The Morgan fingerprint density at radius 3 is 2.00 bits per heavy atom. The molecular formula is C18H19N3O2. The summed E-state index contributed by atoms with van der Waals surface area (Å²) in [5.41, 5.74) is 3.10. The summed E-state index contributed by atoms with van der Waals surface area (Å²) in [6, 6.07) is 14.6. The Balaban J connectivity index is 1.57. The van der Waals surface area contributed by atoms with Crippen LogP contribution in [0.25, 0.3) is 0 Å². The van der Waals surface area contributed by atoms with Gasteiger partial charge in [0.15, 0.2) is 0 Å². The van der Waals surface area contributed by atoms with Crippen LogP contribution in [0.15, 0.2) is 48.5 Å². The third-order valence-electron chi connectivity index (χ3n) is 3.63. The zero-order chi connectivity index (χ0) is 16.2. The second-order valence-corrected chi connectivity index (χ2v) is 5.77. The van der Waals surface area contributed by atoms with Gasteiger partial charge in [-0.15, -0.1) is 0 Å². The van der Waals surface area contributed by atoms with Crippen LogP contribution < -0.4 is 16.0 Å². The highest BCUT2D eigenvalue weighted by atomic mass is 16.2. The maximum Gasteiger partial charge on any atom is 0.319 e. The SMILES string of the molecule is Cc1ccc(C(=O)Nc2ccc(NC(=O)NC3CC3)cc2)cc1. The second kappa shape index (κ2) is 6.52. The molecule has 23 heavy (non-hydrogen) atoms. The molecule has 0 unspecified atom stereocenters. The molecular weight excluding hydrogens is 290 g/mol. The summed E-state index contributed by atoms with van der Waals surface area (Å²) in [7, 11) is 0. The number of aryl methyl sites for hydroxylation is 1. The lowest BCUT2D eigenvalue weighted by molar-refractivity contribution is 0.102. The summed E-state index contributed by atoms with van der Waals surface area (Å²) in [6.45, 7) is 1.98. The third kappa shape index (κ3) is 4.32. The topological polar surface area (TPSA) is 70.2 Å². The van der Waals surface area contributed by atoms with E-state index in [0.29, 0.717) is 23.0 Å². The minimum absolute atomic E-state index is 0.155. The van der Waals surface area contributed by atoms with Crippen molar-refractivity contribution >= 4 is 23.3 Å². The molecule has 118 valence electrons. The number of carbonyl (C=O) groups excluding carboxylic acids is 2. The van der Waals surface area contributed by atoms with Gasteiger partial charge in [-0.1, -0.05) is 17.7 Å². The van der Waals surface area contributed by atoms with Crippen molar-refractivity contribution in [2.75, 3.05) is 10.6 Å². The van der Waals surface area contributed by atoms with Gasteiger partial charge in [0.05, 0.1) is 0 Å². The zero-order valence-electron chi connectivity index (χ0n) is 12.9. The molecule has 5 nitrogen and oxygen atoms in total. The summed E-state index contributed by atoms with van der Waals surface area (Å²) in [5, 5.41) is 8.46. The first kappa shape index (κ1) is 15.1. The van der Waals surface area contributed by atoms with Gasteiger partial charge in [0, 0.05) is 23.0 Å². The van der Waals surface area contributed by atoms with Gasteiger partial charge in [-0.3, -0.25) is 4.79 Å². The third-order valence-corrected chi connectivity index (χ3v) is 3.63. The molecule has 0 atom stereocenters. The molecule has 0 aliphatic heterocycles. The average molecular weight is 309 g/mol. The summed E-state index contributed by atoms with van der Waals surface area (Å²) >= 11 is 0. The van der Waals surface area contributed by atoms with Crippen LogP contribution in [0.3, 0.4) is 0 Å². The van der Waals surface area contributed by atoms with Gasteiger partial charge in [0.25, 0.3) is 5.91 Å². The number of nitrogens with one attached hydrogen (secondary N) is 3. The zero-order valence-corrected chi connectivity index (χ0v) is 12.9. The van der Waals surface area contributed by atoms with Crippen LogP contribution in [0.1, 0.15) is 28.8 Å². The fourth-order valence-corrected chi connectivity index (χ4v) is 2.13. The fraction of sp³-hybridized carbons (Fsp3) is 0.222. The van der Waals surface area contributed by atoms with Crippen molar-refractivity contribution in [1.29, 1.82) is 0 Å². The molecule has 2 aromatic carbocycles. The molecule has 3 amide bonds. The van der Waals surface area contributed by atoms with Crippen LogP contribution in [0.2, 0.25) is 0 Å². The first-order chi connectivity index (χ1) is 11.1. The molecule has 1 fully saturated rings. The van der Waals surface area contributed by atoms with Gasteiger partial charge < -0.3 is 16.0 Å². The number of hydrogen-bond acceptors (Lipinski definition) is 2. The summed E-state index contributed by atoms with van der Waals surface area (Å²) in [5.74, 6) is -0.155. The molecule has 5 heteroatoms. The minimum atomic E-state index is -0.191. The molecule has 1 aliphatic carbocycles. The van der Waals surface area contributed by atoms with Crippen molar-refractivity contribution in [3.8, 4) is 0 Å². The fourth-order valence-electron chi connectivity index (χ4n) is 2.13. The molecule has 0 aromatic heterocycles. The summed E-state index contributed by atoms with van der Waals surface area (Å²) in [6.07, 6.45) is 2.11. The lowest BCUT2D eigenvalue weighted by Gasteiger charge is -2.09. The van der Waals surface area contributed by atoms with E-state index in [1.54, 1.807) is 36.4 Å². The molecule has 0 bridgehead atoms. The maximum absolute atomic E-state index is 12.1. The normalized spacial score (nSPS) is 13.3. The molecule has 0 radical (unpaired) electrons. The minimum Gasteiger partial charge on any atom is -0.335 e. The van der Waals surface area contributed by atoms with Gasteiger partial charge >= 0.3 is 6.03 Å². The molecule has 3 N–H and O–H groups in total. The Hall–Kier alpha value is -2.82. The molecule has 1 aliphatic rings. The van der Waals surface area contributed by atoms with Crippen LogP contribution in [0, 0.1) is 6.92 Å². The molecule has 0 saturated heterocycles. The summed E-state index contributed by atoms with van der Waals surface area (Å²) < 4.78 is 0. The lowest BCUT2D eigenvalue weighted by atomic mass is 10.1. The predicted octanol–water partition coefficient (Wildman–Crippen LogP) is 3.53. The Morgan fingerprint density at radius 2 is 1.43 bits per heavy atom. The Labute approximate surface area is 135 Å². The monoisotopic (exact) mass is 309 g/mol. The lowest BCUT2D eigenvalue weighted by Crippen LogP contribution is -2.30. The molecule has 1 saturated carbocycles. The van der Waals surface area contributed by atoms with E-state index in [0.717, 1.165) is 18.4 Å². The van der Waals surface area contributed by atoms with E-state index in [4.69, 9.17) is 0 Å². The van der Waals surface area contributed by atoms with E-state index in [9.17, 15) is 9.59 Å². The van der Waals surface area contributed by atoms with E-state index in [1.165, 1.54) is 0 Å². The molecule has 2 aromatic rings. The van der Waals surface area contributed by atoms with Crippen LogP contribution in [0.5, 0.6) is 0 Å².